The molecule has 4 atom stereocenters. The molecule has 0 bridgehead atoms. The maximum atomic E-state index is 10.3. The predicted molar refractivity (Wildman–Crippen MR) is 84.0 cm³/mol. The number of aliphatic hydroxyl groups excluding tert-OH is 3. The third-order valence-electron chi connectivity index (χ3n) is 4.39. The number of hydrogen-bond acceptors (Lipinski definition) is 7. The fourth-order valence-corrected chi connectivity index (χ4v) is 3.05. The van der Waals surface area contributed by atoms with Gasteiger partial charge in [-0.15, -0.1) is 0 Å². The number of ether oxygens (including phenoxy) is 1. The molecule has 1 saturated heterocycles. The number of imidazole rings is 1. The number of nitrogens with zero attached hydrogens (tertiary/aromatic N) is 3. The molecule has 0 unspecified atom stereocenters. The lowest BCUT2D eigenvalue weighted by atomic mass is 10.1. The molecule has 5 N–H and O–H groups in total. The van der Waals surface area contributed by atoms with Crippen molar-refractivity contribution in [2.75, 3.05) is 6.61 Å². The van der Waals surface area contributed by atoms with Crippen LogP contribution in [0.15, 0.2) is 6.33 Å². The molecule has 3 heterocycles. The van der Waals surface area contributed by atoms with E-state index in [1.807, 2.05) is 0 Å². The van der Waals surface area contributed by atoms with Crippen molar-refractivity contribution in [3.05, 3.63) is 17.6 Å². The van der Waals surface area contributed by atoms with E-state index >= 15 is 0 Å². The molecule has 132 valence electrons. The van der Waals surface area contributed by atoms with Gasteiger partial charge in [-0.25, -0.2) is 9.97 Å². The molecule has 9 nitrogen and oxygen atoms in total. The minimum absolute atomic E-state index is 0.0823. The Balaban J connectivity index is 2.05. The maximum absolute atomic E-state index is 10.3. The highest BCUT2D eigenvalue weighted by Crippen LogP contribution is 2.29. The van der Waals surface area contributed by atoms with Crippen LogP contribution in [-0.4, -0.2) is 59.8 Å². The van der Waals surface area contributed by atoms with Gasteiger partial charge in [0.2, 0.25) is 0 Å². The highest BCUT2D eigenvalue weighted by molar-refractivity contribution is 5.67. The van der Waals surface area contributed by atoms with Gasteiger partial charge in [-0.2, -0.15) is 0 Å². The Morgan fingerprint density at radius 2 is 2.12 bits per heavy atom. The van der Waals surface area contributed by atoms with Gasteiger partial charge in [-0.3, -0.25) is 9.98 Å². The molecule has 0 amide bonds. The smallest absolute Gasteiger partial charge is 0.182 e. The molecule has 0 aliphatic carbocycles. The zero-order valence-electron chi connectivity index (χ0n) is 13.5. The number of fused-ring (bicyclic) bond motifs is 1. The Hall–Kier alpha value is -1.81. The summed E-state index contributed by atoms with van der Waals surface area (Å²) < 4.78 is 7.08. The first-order chi connectivity index (χ1) is 11.6. The normalized spacial score (nSPS) is 27.2. The van der Waals surface area contributed by atoms with Crippen LogP contribution in [-0.2, 0) is 11.2 Å². The van der Waals surface area contributed by atoms with Gasteiger partial charge in [0.1, 0.15) is 29.7 Å². The Bertz CT molecular complexity index is 758. The first kappa shape index (κ1) is 17.0. The summed E-state index contributed by atoms with van der Waals surface area (Å²) in [6, 6.07) is 0. The van der Waals surface area contributed by atoms with Gasteiger partial charge in [0.25, 0.3) is 0 Å². The van der Waals surface area contributed by atoms with Gasteiger partial charge in [0.15, 0.2) is 17.4 Å². The van der Waals surface area contributed by atoms with Crippen LogP contribution in [0.1, 0.15) is 38.2 Å². The molecule has 1 fully saturated rings. The van der Waals surface area contributed by atoms with Gasteiger partial charge in [-0.05, 0) is 6.42 Å². The molecule has 9 heteroatoms. The second kappa shape index (κ2) is 6.98. The first-order valence-electron chi connectivity index (χ1n) is 8.20. The van der Waals surface area contributed by atoms with E-state index in [0.29, 0.717) is 23.4 Å². The van der Waals surface area contributed by atoms with Crippen LogP contribution < -0.4 is 5.49 Å². The highest BCUT2D eigenvalue weighted by Gasteiger charge is 2.44. The Kier molecular flexibility index (Phi) is 4.95. The summed E-state index contributed by atoms with van der Waals surface area (Å²) in [6.07, 6.45) is 0.696. The van der Waals surface area contributed by atoms with Gasteiger partial charge in [0, 0.05) is 6.42 Å². The van der Waals surface area contributed by atoms with E-state index in [0.717, 1.165) is 19.3 Å². The summed E-state index contributed by atoms with van der Waals surface area (Å²) in [5.41, 5.74) is 0.959. The number of hydrogen-bond donors (Lipinski definition) is 5. The number of rotatable bonds is 6. The third kappa shape index (κ3) is 2.84. The molecule has 3 rings (SSSR count). The Labute approximate surface area is 138 Å². The molecule has 0 spiro atoms. The molecule has 24 heavy (non-hydrogen) atoms. The van der Waals surface area contributed by atoms with Gasteiger partial charge in [0.05, 0.1) is 12.9 Å². The standard InChI is InChI=1S/C15H23N5O4/c1-2-3-4-5-9-19-14-10(17-7-18-14)13(16)20(9)15-12(23)11(22)8(6-21)24-15/h7-8,11-12,15-16,21-23H,2-6H2,1H3,(H,17,18)/t8-,11-,12+,15-/m1/s1. The van der Waals surface area contributed by atoms with E-state index in [2.05, 4.69) is 21.9 Å². The molecule has 2 aromatic heterocycles. The van der Waals surface area contributed by atoms with E-state index < -0.39 is 31.1 Å². The molecular weight excluding hydrogens is 314 g/mol. The molecule has 1 aliphatic rings. The van der Waals surface area contributed by atoms with Crippen molar-refractivity contribution in [1.82, 2.24) is 19.5 Å². The second-order valence-electron chi connectivity index (χ2n) is 6.03. The number of nitrogens with one attached hydrogen (secondary N) is 2. The van der Waals surface area contributed by atoms with Crippen molar-refractivity contribution in [2.45, 2.75) is 57.1 Å². The van der Waals surface area contributed by atoms with E-state index in [1.165, 1.54) is 10.9 Å². The predicted octanol–water partition coefficient (Wildman–Crippen LogP) is -0.417. The van der Waals surface area contributed by atoms with Crippen LogP contribution in [0.2, 0.25) is 0 Å². The van der Waals surface area contributed by atoms with Gasteiger partial charge < -0.3 is 25.0 Å². The van der Waals surface area contributed by atoms with Gasteiger partial charge >= 0.3 is 0 Å². The van der Waals surface area contributed by atoms with E-state index in [-0.39, 0.29) is 5.49 Å². The SMILES string of the molecule is CCCCCc1nc2nc[nH]c2c(=N)n1[C@@H]1O[C@H](CO)[C@@H](O)[C@@H]1O. The van der Waals surface area contributed by atoms with E-state index in [9.17, 15) is 15.3 Å². The fourth-order valence-electron chi connectivity index (χ4n) is 3.05. The average Bonchev–Trinajstić information content (AvgIpc) is 3.15. The number of H-pyrrole nitrogens is 1. The summed E-state index contributed by atoms with van der Waals surface area (Å²) in [6.45, 7) is 1.69. The summed E-state index contributed by atoms with van der Waals surface area (Å²) in [5.74, 6) is 0.572. The quantitative estimate of drug-likeness (QED) is 0.454. The largest absolute Gasteiger partial charge is 0.394 e. The molecule has 1 aliphatic heterocycles. The topological polar surface area (TPSA) is 140 Å². The maximum Gasteiger partial charge on any atom is 0.182 e. The zero-order chi connectivity index (χ0) is 17.3. The molecule has 0 aromatic carbocycles. The van der Waals surface area contributed by atoms with Crippen molar-refractivity contribution in [3.63, 3.8) is 0 Å². The monoisotopic (exact) mass is 337 g/mol. The van der Waals surface area contributed by atoms with E-state index in [4.69, 9.17) is 10.1 Å². The minimum Gasteiger partial charge on any atom is -0.394 e. The minimum atomic E-state index is -1.25. The Morgan fingerprint density at radius 1 is 1.33 bits per heavy atom. The summed E-state index contributed by atoms with van der Waals surface area (Å²) in [7, 11) is 0. The molecule has 0 radical (unpaired) electrons. The molecule has 2 aromatic rings. The number of aromatic amines is 1. The number of aliphatic hydroxyl groups is 3. The van der Waals surface area contributed by atoms with E-state index in [1.54, 1.807) is 0 Å². The number of aryl methyl sites for hydroxylation is 1. The summed E-state index contributed by atoms with van der Waals surface area (Å²) >= 11 is 0. The van der Waals surface area contributed by atoms with Crippen LogP contribution in [0.3, 0.4) is 0 Å². The fraction of sp³-hybridized carbons (Fsp3) is 0.667. The van der Waals surface area contributed by atoms with Crippen LogP contribution in [0, 0.1) is 5.41 Å². The molecule has 0 saturated carbocycles. The lowest BCUT2D eigenvalue weighted by Gasteiger charge is -2.22. The van der Waals surface area contributed by atoms with Gasteiger partial charge in [-0.1, -0.05) is 19.8 Å². The van der Waals surface area contributed by atoms with Crippen LogP contribution in [0.25, 0.3) is 11.2 Å². The number of aromatic nitrogens is 4. The van der Waals surface area contributed by atoms with Crippen LogP contribution in [0.4, 0.5) is 0 Å². The van der Waals surface area contributed by atoms with Crippen molar-refractivity contribution >= 4 is 11.2 Å². The van der Waals surface area contributed by atoms with Crippen molar-refractivity contribution in [2.24, 2.45) is 0 Å². The zero-order valence-corrected chi connectivity index (χ0v) is 13.5. The third-order valence-corrected chi connectivity index (χ3v) is 4.39. The van der Waals surface area contributed by atoms with Crippen molar-refractivity contribution in [3.8, 4) is 0 Å². The lowest BCUT2D eigenvalue weighted by molar-refractivity contribution is -0.0565. The second-order valence-corrected chi connectivity index (χ2v) is 6.03. The van der Waals surface area contributed by atoms with Crippen LogP contribution >= 0.6 is 0 Å². The average molecular weight is 337 g/mol. The lowest BCUT2D eigenvalue weighted by Crippen LogP contribution is -2.37. The molecular formula is C15H23N5O4. The number of unbranched alkanes of at least 4 members (excludes halogenated alkanes) is 2. The summed E-state index contributed by atoms with van der Waals surface area (Å²) in [5, 5.41) is 38.0. The van der Waals surface area contributed by atoms with Crippen LogP contribution in [0.5, 0.6) is 0 Å². The van der Waals surface area contributed by atoms with Crippen molar-refractivity contribution in [1.29, 1.82) is 5.41 Å². The Morgan fingerprint density at radius 3 is 2.79 bits per heavy atom. The first-order valence-corrected chi connectivity index (χ1v) is 8.20. The van der Waals surface area contributed by atoms with Crippen molar-refractivity contribution < 1.29 is 20.1 Å². The summed E-state index contributed by atoms with van der Waals surface area (Å²) in [4.78, 5) is 11.5. The highest BCUT2D eigenvalue weighted by atomic mass is 16.6.